The van der Waals surface area contributed by atoms with Crippen molar-refractivity contribution in [2.75, 3.05) is 32.9 Å². The second kappa shape index (κ2) is 12.2. The summed E-state index contributed by atoms with van der Waals surface area (Å²) in [6.45, 7) is 2.03. The van der Waals surface area contributed by atoms with Gasteiger partial charge in [0, 0.05) is 13.1 Å². The maximum atomic E-state index is 12.0. The summed E-state index contributed by atoms with van der Waals surface area (Å²) >= 11 is 0. The zero-order chi connectivity index (χ0) is 19.2. The quantitative estimate of drug-likeness (QED) is 0.552. The highest BCUT2D eigenvalue weighted by Crippen LogP contribution is 2.17. The molecule has 0 saturated carbocycles. The third-order valence-electron chi connectivity index (χ3n) is 3.19. The van der Waals surface area contributed by atoms with E-state index >= 15 is 0 Å². The standard InChI is InChI=1S/C18H21N3O5/c1-2-24-15-5-7-16(8-6-15)25-14-18(23)26-13-17(22)21(11-3-9-19)12-4-10-20/h5-8H,2-4,11-14H2,1H3. The van der Waals surface area contributed by atoms with E-state index in [1.807, 2.05) is 19.1 Å². The molecule has 0 radical (unpaired) electrons. The largest absolute Gasteiger partial charge is 0.494 e. The van der Waals surface area contributed by atoms with E-state index in [1.54, 1.807) is 24.3 Å². The lowest BCUT2D eigenvalue weighted by Crippen LogP contribution is -2.36. The minimum atomic E-state index is -0.687. The summed E-state index contributed by atoms with van der Waals surface area (Å²) in [5.74, 6) is 0.0296. The molecule has 0 heterocycles. The molecular weight excluding hydrogens is 338 g/mol. The van der Waals surface area contributed by atoms with Crippen molar-refractivity contribution < 1.29 is 23.8 Å². The number of nitrogens with zero attached hydrogens (tertiary/aromatic N) is 3. The molecule has 0 unspecified atom stereocenters. The summed E-state index contributed by atoms with van der Waals surface area (Å²) in [7, 11) is 0. The maximum Gasteiger partial charge on any atom is 0.344 e. The van der Waals surface area contributed by atoms with Crippen LogP contribution in [-0.4, -0.2) is 49.7 Å². The Morgan fingerprint density at radius 1 is 0.962 bits per heavy atom. The van der Waals surface area contributed by atoms with Crippen LogP contribution in [-0.2, 0) is 14.3 Å². The molecule has 0 aliphatic carbocycles. The Balaban J connectivity index is 2.38. The molecule has 0 aromatic heterocycles. The summed E-state index contributed by atoms with van der Waals surface area (Å²) in [6.07, 6.45) is 0.290. The lowest BCUT2D eigenvalue weighted by molar-refractivity contribution is -0.153. The first-order valence-corrected chi connectivity index (χ1v) is 8.13. The molecule has 0 saturated heterocycles. The minimum Gasteiger partial charge on any atom is -0.494 e. The van der Waals surface area contributed by atoms with Crippen molar-refractivity contribution in [3.05, 3.63) is 24.3 Å². The van der Waals surface area contributed by atoms with Crippen LogP contribution in [0.5, 0.6) is 11.5 Å². The van der Waals surface area contributed by atoms with Crippen molar-refractivity contribution in [3.63, 3.8) is 0 Å². The average molecular weight is 359 g/mol. The lowest BCUT2D eigenvalue weighted by Gasteiger charge is -2.20. The number of amides is 1. The number of nitriles is 2. The van der Waals surface area contributed by atoms with Crippen molar-refractivity contribution in [2.24, 2.45) is 0 Å². The molecule has 138 valence electrons. The van der Waals surface area contributed by atoms with Gasteiger partial charge in [0.1, 0.15) is 11.5 Å². The van der Waals surface area contributed by atoms with E-state index in [0.29, 0.717) is 18.1 Å². The molecule has 0 N–H and O–H groups in total. The minimum absolute atomic E-state index is 0.145. The van der Waals surface area contributed by atoms with Gasteiger partial charge in [-0.3, -0.25) is 4.79 Å². The first kappa shape index (κ1) is 20.8. The van der Waals surface area contributed by atoms with Crippen molar-refractivity contribution in [3.8, 4) is 23.6 Å². The predicted octanol–water partition coefficient (Wildman–Crippen LogP) is 1.66. The molecule has 0 aliphatic heterocycles. The number of benzene rings is 1. The average Bonchev–Trinajstić information content (AvgIpc) is 2.66. The summed E-state index contributed by atoms with van der Waals surface area (Å²) in [5.41, 5.74) is 0. The first-order valence-electron chi connectivity index (χ1n) is 8.13. The fourth-order valence-corrected chi connectivity index (χ4v) is 1.95. The van der Waals surface area contributed by atoms with Crippen LogP contribution in [0.4, 0.5) is 0 Å². The fraction of sp³-hybridized carbons (Fsp3) is 0.444. The second-order valence-electron chi connectivity index (χ2n) is 5.05. The molecule has 8 nitrogen and oxygen atoms in total. The molecule has 8 heteroatoms. The molecule has 1 rings (SSSR count). The zero-order valence-electron chi connectivity index (χ0n) is 14.6. The molecule has 0 spiro atoms. The van der Waals surface area contributed by atoms with Crippen LogP contribution in [0.15, 0.2) is 24.3 Å². The van der Waals surface area contributed by atoms with E-state index in [1.165, 1.54) is 4.90 Å². The van der Waals surface area contributed by atoms with Gasteiger partial charge in [-0.05, 0) is 31.2 Å². The van der Waals surface area contributed by atoms with Crippen LogP contribution >= 0.6 is 0 Å². The zero-order valence-corrected chi connectivity index (χ0v) is 14.6. The third kappa shape index (κ3) is 8.02. The topological polar surface area (TPSA) is 113 Å². The van der Waals surface area contributed by atoms with Gasteiger partial charge >= 0.3 is 5.97 Å². The van der Waals surface area contributed by atoms with Crippen LogP contribution < -0.4 is 9.47 Å². The Hall–Kier alpha value is -3.26. The molecule has 1 aromatic rings. The normalized spacial score (nSPS) is 9.50. The van der Waals surface area contributed by atoms with Crippen molar-refractivity contribution in [1.82, 2.24) is 4.90 Å². The second-order valence-corrected chi connectivity index (χ2v) is 5.05. The van der Waals surface area contributed by atoms with E-state index in [9.17, 15) is 9.59 Å². The molecule has 0 atom stereocenters. The molecule has 0 fully saturated rings. The Morgan fingerprint density at radius 3 is 2.00 bits per heavy atom. The van der Waals surface area contributed by atoms with E-state index < -0.39 is 18.5 Å². The number of carbonyl (C=O) groups is 2. The summed E-state index contributed by atoms with van der Waals surface area (Å²) in [4.78, 5) is 25.0. The molecule has 0 bridgehead atoms. The summed E-state index contributed by atoms with van der Waals surface area (Å²) in [5, 5.41) is 17.2. The van der Waals surface area contributed by atoms with Crippen molar-refractivity contribution in [1.29, 1.82) is 10.5 Å². The van der Waals surface area contributed by atoms with E-state index in [2.05, 4.69) is 0 Å². The van der Waals surface area contributed by atoms with E-state index in [-0.39, 0.29) is 32.5 Å². The summed E-state index contributed by atoms with van der Waals surface area (Å²) in [6, 6.07) is 10.6. The highest BCUT2D eigenvalue weighted by molar-refractivity contribution is 5.81. The number of ether oxygens (including phenoxy) is 3. The Morgan fingerprint density at radius 2 is 1.50 bits per heavy atom. The maximum absolute atomic E-state index is 12.0. The van der Waals surface area contributed by atoms with Gasteiger partial charge < -0.3 is 19.1 Å². The molecule has 0 aliphatic rings. The highest BCUT2D eigenvalue weighted by Gasteiger charge is 2.15. The first-order chi connectivity index (χ1) is 12.6. The van der Waals surface area contributed by atoms with Crippen LogP contribution in [0.25, 0.3) is 0 Å². The molecule has 26 heavy (non-hydrogen) atoms. The van der Waals surface area contributed by atoms with Gasteiger partial charge in [0.15, 0.2) is 13.2 Å². The lowest BCUT2D eigenvalue weighted by atomic mass is 10.3. The smallest absolute Gasteiger partial charge is 0.344 e. The highest BCUT2D eigenvalue weighted by atomic mass is 16.6. The fourth-order valence-electron chi connectivity index (χ4n) is 1.95. The Labute approximate surface area is 152 Å². The van der Waals surface area contributed by atoms with Gasteiger partial charge in [0.25, 0.3) is 5.91 Å². The molecule has 1 amide bonds. The van der Waals surface area contributed by atoms with Crippen LogP contribution in [0, 0.1) is 22.7 Å². The van der Waals surface area contributed by atoms with Gasteiger partial charge in [-0.1, -0.05) is 0 Å². The van der Waals surface area contributed by atoms with Gasteiger partial charge in [0.05, 0.1) is 31.6 Å². The summed E-state index contributed by atoms with van der Waals surface area (Å²) < 4.78 is 15.5. The number of rotatable bonds is 11. The molecular formula is C18H21N3O5. The van der Waals surface area contributed by atoms with Gasteiger partial charge in [-0.2, -0.15) is 10.5 Å². The van der Waals surface area contributed by atoms with Crippen LogP contribution in [0.1, 0.15) is 19.8 Å². The number of hydrogen-bond donors (Lipinski definition) is 0. The number of carbonyl (C=O) groups excluding carboxylic acids is 2. The number of hydrogen-bond acceptors (Lipinski definition) is 7. The Kier molecular flexibility index (Phi) is 9.71. The number of esters is 1. The monoisotopic (exact) mass is 359 g/mol. The van der Waals surface area contributed by atoms with E-state index in [0.717, 1.165) is 0 Å². The van der Waals surface area contributed by atoms with Gasteiger partial charge in [-0.15, -0.1) is 0 Å². The van der Waals surface area contributed by atoms with Gasteiger partial charge in [-0.25, -0.2) is 4.79 Å². The molecule has 1 aromatic carbocycles. The van der Waals surface area contributed by atoms with Crippen LogP contribution in [0.3, 0.4) is 0 Å². The predicted molar refractivity (Wildman–Crippen MR) is 91.1 cm³/mol. The van der Waals surface area contributed by atoms with E-state index in [4.69, 9.17) is 24.7 Å². The van der Waals surface area contributed by atoms with Gasteiger partial charge in [0.2, 0.25) is 0 Å². The van der Waals surface area contributed by atoms with Crippen LogP contribution in [0.2, 0.25) is 0 Å². The van der Waals surface area contributed by atoms with Crippen molar-refractivity contribution >= 4 is 11.9 Å². The third-order valence-corrected chi connectivity index (χ3v) is 3.19. The SMILES string of the molecule is CCOc1ccc(OCC(=O)OCC(=O)N(CCC#N)CCC#N)cc1. The Bertz CT molecular complexity index is 643. The van der Waals surface area contributed by atoms with Crippen molar-refractivity contribution in [2.45, 2.75) is 19.8 Å².